The Hall–Kier alpha value is -2.05. The molecule has 3 fully saturated rings. The molecule has 2 aromatic heterocycles. The number of ether oxygens (including phenoxy) is 6. The summed E-state index contributed by atoms with van der Waals surface area (Å²) in [5, 5.41) is 0. The van der Waals surface area contributed by atoms with Crippen molar-refractivity contribution in [1.29, 1.82) is 0 Å². The normalized spacial score (nSPS) is 35.6. The Morgan fingerprint density at radius 1 is 1.04 bits per heavy atom. The minimum Gasteiger partial charge on any atom is -0.473 e. The van der Waals surface area contributed by atoms with E-state index in [9.17, 15) is 0 Å². The number of nitrogens with two attached hydrogens (primary N) is 1. The molecule has 5 heterocycles. The van der Waals surface area contributed by atoms with Gasteiger partial charge in [0.2, 0.25) is 11.8 Å². The third kappa shape index (κ3) is 2.99. The van der Waals surface area contributed by atoms with Crippen LogP contribution in [0.2, 0.25) is 0 Å². The molecular formula is C17H23N5O6. The monoisotopic (exact) mass is 393 g/mol. The van der Waals surface area contributed by atoms with Crippen LogP contribution in [0.5, 0.6) is 5.88 Å². The van der Waals surface area contributed by atoms with Crippen LogP contribution in [0.15, 0.2) is 6.33 Å². The minimum absolute atomic E-state index is 0.0768. The highest BCUT2D eigenvalue weighted by Crippen LogP contribution is 2.44. The topological polar surface area (TPSA) is 136 Å². The van der Waals surface area contributed by atoms with Gasteiger partial charge in [-0.3, -0.25) is 0 Å². The molecule has 2 unspecified atom stereocenters. The van der Waals surface area contributed by atoms with Crippen LogP contribution in [0.3, 0.4) is 0 Å². The fraction of sp³-hybridized carbons (Fsp3) is 0.706. The number of nitrogens with zero attached hydrogens (tertiary/aromatic N) is 3. The van der Waals surface area contributed by atoms with Crippen LogP contribution in [0.25, 0.3) is 11.2 Å². The van der Waals surface area contributed by atoms with Crippen LogP contribution >= 0.6 is 0 Å². The Kier molecular flexibility index (Phi) is 3.84. The smallest absolute Gasteiger partial charge is 0.245 e. The molecule has 152 valence electrons. The lowest BCUT2D eigenvalue weighted by Gasteiger charge is -2.36. The maximum absolute atomic E-state index is 6.12. The highest BCUT2D eigenvalue weighted by atomic mass is 16.9. The van der Waals surface area contributed by atoms with Crippen LogP contribution in [0.4, 0.5) is 5.95 Å². The third-order valence-corrected chi connectivity index (χ3v) is 4.90. The van der Waals surface area contributed by atoms with Crippen molar-refractivity contribution in [2.45, 2.75) is 70.0 Å². The van der Waals surface area contributed by atoms with Crippen molar-refractivity contribution in [3.05, 3.63) is 6.33 Å². The van der Waals surface area contributed by atoms with E-state index in [0.29, 0.717) is 17.0 Å². The molecule has 0 radical (unpaired) electrons. The number of hydrogen-bond donors (Lipinski definition) is 2. The van der Waals surface area contributed by atoms with E-state index >= 15 is 0 Å². The molecule has 0 aromatic carbocycles. The molecule has 2 aromatic rings. The van der Waals surface area contributed by atoms with Crippen molar-refractivity contribution in [2.24, 2.45) is 0 Å². The van der Waals surface area contributed by atoms with E-state index in [1.54, 1.807) is 0 Å². The van der Waals surface area contributed by atoms with Crippen molar-refractivity contribution < 1.29 is 28.4 Å². The first-order valence-corrected chi connectivity index (χ1v) is 9.17. The lowest BCUT2D eigenvalue weighted by Crippen LogP contribution is -2.56. The van der Waals surface area contributed by atoms with Gasteiger partial charge in [0.25, 0.3) is 0 Å². The molecule has 28 heavy (non-hydrogen) atoms. The van der Waals surface area contributed by atoms with E-state index in [4.69, 9.17) is 34.2 Å². The van der Waals surface area contributed by atoms with Crippen molar-refractivity contribution in [2.75, 3.05) is 12.3 Å². The Morgan fingerprint density at radius 2 is 1.75 bits per heavy atom. The SMILES string of the molecule is CC1(C)OC2O[C@H](COc3nc(N)nc4nc[nH]c34)[C@@H]3OC(C)(C)O[C@@H]3C2O1. The summed E-state index contributed by atoms with van der Waals surface area (Å²) in [5.41, 5.74) is 6.74. The first-order chi connectivity index (χ1) is 13.2. The number of H-pyrrole nitrogens is 1. The van der Waals surface area contributed by atoms with E-state index in [-0.39, 0.29) is 30.9 Å². The summed E-state index contributed by atoms with van der Waals surface area (Å²) in [4.78, 5) is 15.2. The van der Waals surface area contributed by atoms with Gasteiger partial charge in [-0.05, 0) is 27.7 Å². The second-order valence-corrected chi connectivity index (χ2v) is 8.01. The third-order valence-electron chi connectivity index (χ3n) is 4.90. The molecule has 3 aliphatic heterocycles. The average molecular weight is 393 g/mol. The van der Waals surface area contributed by atoms with Crippen LogP contribution in [0, 0.1) is 0 Å². The quantitative estimate of drug-likeness (QED) is 0.767. The Morgan fingerprint density at radius 3 is 2.57 bits per heavy atom. The lowest BCUT2D eigenvalue weighted by molar-refractivity contribution is -0.238. The first-order valence-electron chi connectivity index (χ1n) is 9.17. The summed E-state index contributed by atoms with van der Waals surface area (Å²) in [6, 6.07) is 0. The van der Waals surface area contributed by atoms with Gasteiger partial charge in [-0.25, -0.2) is 4.98 Å². The minimum atomic E-state index is -0.769. The van der Waals surface area contributed by atoms with Crippen molar-refractivity contribution in [1.82, 2.24) is 19.9 Å². The number of imidazole rings is 1. The summed E-state index contributed by atoms with van der Waals surface area (Å²) in [6.07, 6.45) is -0.639. The van der Waals surface area contributed by atoms with Gasteiger partial charge in [0.1, 0.15) is 36.5 Å². The Balaban J connectivity index is 1.39. The van der Waals surface area contributed by atoms with E-state index in [0.717, 1.165) is 0 Å². The first kappa shape index (κ1) is 18.0. The second kappa shape index (κ2) is 5.97. The molecule has 11 heteroatoms. The standard InChI is InChI=1S/C17H23N5O6/c1-16(2)25-9-7(24-14-11(10(9)26-16)27-17(3,4)28-14)5-23-13-8-12(20-6-19-8)21-15(18)22-13/h6-7,9-11,14H,5H2,1-4H3,(H3,18,19,20,21,22)/t7-,9+,10+,11?,14?/m1/s1. The van der Waals surface area contributed by atoms with Crippen LogP contribution in [-0.4, -0.2) is 68.8 Å². The number of fused-ring (bicyclic) bond motifs is 4. The second-order valence-electron chi connectivity index (χ2n) is 8.01. The predicted molar refractivity (Wildman–Crippen MR) is 94.1 cm³/mol. The summed E-state index contributed by atoms with van der Waals surface area (Å²) >= 11 is 0. The molecule has 5 rings (SSSR count). The summed E-state index contributed by atoms with van der Waals surface area (Å²) in [6.45, 7) is 7.55. The summed E-state index contributed by atoms with van der Waals surface area (Å²) in [5.74, 6) is -1.16. The molecule has 5 atom stereocenters. The molecule has 0 saturated carbocycles. The lowest BCUT2D eigenvalue weighted by atomic mass is 9.99. The number of hydrogen-bond acceptors (Lipinski definition) is 10. The molecule has 0 amide bonds. The summed E-state index contributed by atoms with van der Waals surface area (Å²) < 4.78 is 36.1. The van der Waals surface area contributed by atoms with E-state index < -0.39 is 24.0 Å². The molecule has 0 spiro atoms. The number of nitrogens with one attached hydrogen (secondary N) is 1. The fourth-order valence-electron chi connectivity index (χ4n) is 3.92. The number of aromatic nitrogens is 4. The zero-order valence-electron chi connectivity index (χ0n) is 16.0. The van der Waals surface area contributed by atoms with Gasteiger partial charge in [0.05, 0.1) is 6.33 Å². The van der Waals surface area contributed by atoms with E-state index in [2.05, 4.69) is 19.9 Å². The van der Waals surface area contributed by atoms with Gasteiger partial charge in [0.15, 0.2) is 23.5 Å². The fourth-order valence-corrected chi connectivity index (χ4v) is 3.92. The predicted octanol–water partition coefficient (Wildman–Crippen LogP) is 0.710. The summed E-state index contributed by atoms with van der Waals surface area (Å²) in [7, 11) is 0. The maximum atomic E-state index is 6.12. The highest BCUT2D eigenvalue weighted by molar-refractivity contribution is 5.76. The Bertz CT molecular complexity index is 901. The Labute approximate surface area is 160 Å². The highest BCUT2D eigenvalue weighted by Gasteiger charge is 2.60. The molecule has 11 nitrogen and oxygen atoms in total. The number of anilines is 1. The van der Waals surface area contributed by atoms with Gasteiger partial charge in [-0.1, -0.05) is 0 Å². The van der Waals surface area contributed by atoms with E-state index in [1.807, 2.05) is 27.7 Å². The van der Waals surface area contributed by atoms with Crippen LogP contribution in [-0.2, 0) is 23.7 Å². The van der Waals surface area contributed by atoms with Gasteiger partial charge in [0, 0.05) is 0 Å². The van der Waals surface area contributed by atoms with Crippen LogP contribution in [0.1, 0.15) is 27.7 Å². The number of aromatic amines is 1. The molecule has 3 N–H and O–H groups in total. The molecule has 3 saturated heterocycles. The van der Waals surface area contributed by atoms with Crippen molar-refractivity contribution in [3.63, 3.8) is 0 Å². The van der Waals surface area contributed by atoms with Crippen LogP contribution < -0.4 is 10.5 Å². The van der Waals surface area contributed by atoms with Gasteiger partial charge >= 0.3 is 0 Å². The van der Waals surface area contributed by atoms with Gasteiger partial charge in [-0.15, -0.1) is 0 Å². The van der Waals surface area contributed by atoms with Gasteiger partial charge in [-0.2, -0.15) is 9.97 Å². The zero-order valence-corrected chi connectivity index (χ0v) is 16.0. The van der Waals surface area contributed by atoms with Gasteiger partial charge < -0.3 is 39.1 Å². The molecular weight excluding hydrogens is 370 g/mol. The largest absolute Gasteiger partial charge is 0.473 e. The molecule has 3 aliphatic rings. The zero-order chi connectivity index (χ0) is 19.7. The average Bonchev–Trinajstić information content (AvgIpc) is 3.25. The number of rotatable bonds is 3. The van der Waals surface area contributed by atoms with Crippen molar-refractivity contribution >= 4 is 17.1 Å². The van der Waals surface area contributed by atoms with Crippen molar-refractivity contribution in [3.8, 4) is 5.88 Å². The maximum Gasteiger partial charge on any atom is 0.245 e. The molecule has 0 bridgehead atoms. The molecule has 0 aliphatic carbocycles. The van der Waals surface area contributed by atoms with E-state index in [1.165, 1.54) is 6.33 Å². The number of nitrogen functional groups attached to an aromatic ring is 1.